The van der Waals surface area contributed by atoms with Gasteiger partial charge in [-0.25, -0.2) is 0 Å². The van der Waals surface area contributed by atoms with Crippen molar-refractivity contribution in [3.63, 3.8) is 0 Å². The molecule has 3 N–H and O–H groups in total. The maximum absolute atomic E-state index is 13.2. The summed E-state index contributed by atoms with van der Waals surface area (Å²) >= 11 is 6.31. The Morgan fingerprint density at radius 1 is 1.14 bits per heavy atom. The second kappa shape index (κ2) is 12.9. The Hall–Kier alpha value is -2.15. The van der Waals surface area contributed by atoms with Crippen molar-refractivity contribution in [1.82, 2.24) is 4.90 Å². The molecule has 1 aromatic carbocycles. The van der Waals surface area contributed by atoms with E-state index >= 15 is 0 Å². The number of amides is 2. The van der Waals surface area contributed by atoms with E-state index in [4.69, 9.17) is 11.6 Å². The number of carbonyl (C=O) groups is 2. The summed E-state index contributed by atoms with van der Waals surface area (Å²) in [6.07, 6.45) is 6.87. The average Bonchev–Trinajstić information content (AvgIpc) is 3.08. The molecule has 198 valence electrons. The molecule has 1 aromatic rings. The maximum Gasteiger partial charge on any atom is 0.233 e. The fourth-order valence-electron chi connectivity index (χ4n) is 5.93. The monoisotopic (exact) mass is 517 g/mol. The summed E-state index contributed by atoms with van der Waals surface area (Å²) in [5, 5.41) is 31.9. The topological polar surface area (TPSA) is 98.1 Å². The number of benzene rings is 1. The zero-order chi connectivity index (χ0) is 26.4. The molecule has 0 radical (unpaired) electrons. The Bertz CT molecular complexity index is 1020. The van der Waals surface area contributed by atoms with Gasteiger partial charge in [0.05, 0.1) is 29.6 Å². The van der Waals surface area contributed by atoms with Crippen LogP contribution in [0.25, 0.3) is 6.08 Å². The molecule has 4 atom stereocenters. The number of allylic oxidation sites excluding steroid dienone is 2. The highest BCUT2D eigenvalue weighted by molar-refractivity contribution is 6.32. The van der Waals surface area contributed by atoms with E-state index in [-0.39, 0.29) is 24.2 Å². The number of imide groups is 1. The number of phenols is 1. The SMILES string of the molecule is CCCC1=C([C@H](O)CC/C(=C/c2ccc(O)cc2Cl)CCC)[C@H](CO)[C@@H]2C(=O)N(CCC)C(=O)[C@@H]2C1. The third-order valence-corrected chi connectivity index (χ3v) is 7.81. The van der Waals surface area contributed by atoms with E-state index in [9.17, 15) is 24.9 Å². The van der Waals surface area contributed by atoms with Crippen molar-refractivity contribution in [1.29, 1.82) is 0 Å². The lowest BCUT2D eigenvalue weighted by Crippen LogP contribution is -2.39. The number of hydrogen-bond donors (Lipinski definition) is 3. The molecule has 0 spiro atoms. The molecular weight excluding hydrogens is 478 g/mol. The van der Waals surface area contributed by atoms with Crippen LogP contribution in [0.1, 0.15) is 77.7 Å². The number of phenolic OH excluding ortho intramolecular Hbond substituents is 1. The number of carbonyl (C=O) groups excluding carboxylic acids is 2. The number of rotatable bonds is 12. The number of halogens is 1. The lowest BCUT2D eigenvalue weighted by Gasteiger charge is -2.36. The normalized spacial score (nSPS) is 23.4. The van der Waals surface area contributed by atoms with E-state index in [0.29, 0.717) is 37.3 Å². The number of aromatic hydroxyl groups is 1. The summed E-state index contributed by atoms with van der Waals surface area (Å²) in [6, 6.07) is 4.89. The number of aliphatic hydroxyl groups is 2. The van der Waals surface area contributed by atoms with Crippen LogP contribution in [0, 0.1) is 17.8 Å². The molecule has 0 saturated carbocycles. The zero-order valence-corrected chi connectivity index (χ0v) is 22.4. The minimum Gasteiger partial charge on any atom is -0.508 e. The molecule has 1 aliphatic heterocycles. The standard InChI is InChI=1S/C29H40ClNO5/c1-4-7-18(14-19-10-11-21(33)16-24(19)30)9-12-25(34)26-20(8-5-2)15-22-27(23(26)17-32)29(36)31(13-6-3)28(22)35/h10-11,14,16,22-23,25,27,32-34H,4-9,12-13,15,17H2,1-3H3/b18-14+/t22-,23+,25-,27-/m1/s1. The summed E-state index contributed by atoms with van der Waals surface area (Å²) in [5.41, 5.74) is 3.74. The van der Waals surface area contributed by atoms with Gasteiger partial charge in [-0.2, -0.15) is 0 Å². The Labute approximate surface area is 219 Å². The number of nitrogens with zero attached hydrogens (tertiary/aromatic N) is 1. The van der Waals surface area contributed by atoms with Gasteiger partial charge in [0.1, 0.15) is 5.75 Å². The van der Waals surface area contributed by atoms with Crippen LogP contribution in [0.3, 0.4) is 0 Å². The average molecular weight is 518 g/mol. The number of aliphatic hydroxyl groups excluding tert-OH is 2. The van der Waals surface area contributed by atoms with Gasteiger partial charge < -0.3 is 15.3 Å². The van der Waals surface area contributed by atoms with Crippen molar-refractivity contribution < 1.29 is 24.9 Å². The van der Waals surface area contributed by atoms with Crippen molar-refractivity contribution in [2.45, 2.75) is 78.2 Å². The minimum atomic E-state index is -0.802. The Morgan fingerprint density at radius 3 is 2.50 bits per heavy atom. The molecule has 7 heteroatoms. The van der Waals surface area contributed by atoms with Crippen molar-refractivity contribution >= 4 is 29.5 Å². The molecule has 36 heavy (non-hydrogen) atoms. The maximum atomic E-state index is 13.2. The quantitative estimate of drug-likeness (QED) is 0.251. The molecule has 2 aliphatic rings. The molecule has 0 bridgehead atoms. The van der Waals surface area contributed by atoms with Gasteiger partial charge in [0.25, 0.3) is 0 Å². The summed E-state index contributed by atoms with van der Waals surface area (Å²) in [6.45, 7) is 6.23. The van der Waals surface area contributed by atoms with Crippen LogP contribution in [0.4, 0.5) is 0 Å². The Balaban J connectivity index is 1.87. The highest BCUT2D eigenvalue weighted by atomic mass is 35.5. The van der Waals surface area contributed by atoms with Gasteiger partial charge in [-0.05, 0) is 67.9 Å². The number of hydrogen-bond acceptors (Lipinski definition) is 5. The first-order chi connectivity index (χ1) is 17.3. The predicted molar refractivity (Wildman–Crippen MR) is 142 cm³/mol. The van der Waals surface area contributed by atoms with Crippen LogP contribution < -0.4 is 0 Å². The van der Waals surface area contributed by atoms with Crippen LogP contribution in [-0.2, 0) is 9.59 Å². The summed E-state index contributed by atoms with van der Waals surface area (Å²) < 4.78 is 0. The van der Waals surface area contributed by atoms with E-state index < -0.39 is 23.9 Å². The molecule has 1 heterocycles. The molecule has 1 saturated heterocycles. The first-order valence-electron chi connectivity index (χ1n) is 13.3. The number of likely N-dealkylation sites (tertiary alicyclic amines) is 1. The van der Waals surface area contributed by atoms with E-state index in [1.54, 1.807) is 12.1 Å². The first-order valence-corrected chi connectivity index (χ1v) is 13.7. The molecule has 2 amide bonds. The van der Waals surface area contributed by atoms with E-state index in [2.05, 4.69) is 13.8 Å². The Kier molecular flexibility index (Phi) is 10.2. The second-order valence-corrected chi connectivity index (χ2v) is 10.5. The summed E-state index contributed by atoms with van der Waals surface area (Å²) in [5.74, 6) is -1.80. The molecule has 3 rings (SSSR count). The fraction of sp³-hybridized carbons (Fsp3) is 0.586. The largest absolute Gasteiger partial charge is 0.508 e. The lowest BCUT2D eigenvalue weighted by molar-refractivity contribution is -0.140. The van der Waals surface area contributed by atoms with Crippen LogP contribution in [-0.4, -0.2) is 51.3 Å². The van der Waals surface area contributed by atoms with Gasteiger partial charge in [-0.3, -0.25) is 14.5 Å². The van der Waals surface area contributed by atoms with E-state index in [1.807, 2.05) is 13.0 Å². The molecule has 6 nitrogen and oxygen atoms in total. The van der Waals surface area contributed by atoms with Crippen molar-refractivity contribution in [3.8, 4) is 5.75 Å². The van der Waals surface area contributed by atoms with Gasteiger partial charge in [0, 0.05) is 12.5 Å². The molecule has 1 fully saturated rings. The molecule has 1 aliphatic carbocycles. The first kappa shape index (κ1) is 28.4. The van der Waals surface area contributed by atoms with E-state index in [1.165, 1.54) is 11.0 Å². The zero-order valence-electron chi connectivity index (χ0n) is 21.7. The third kappa shape index (κ3) is 6.04. The fourth-order valence-corrected chi connectivity index (χ4v) is 6.16. The van der Waals surface area contributed by atoms with Crippen molar-refractivity contribution in [2.24, 2.45) is 17.8 Å². The molecular formula is C29H40ClNO5. The highest BCUT2D eigenvalue weighted by Gasteiger charge is 2.54. The van der Waals surface area contributed by atoms with Crippen molar-refractivity contribution in [3.05, 3.63) is 45.5 Å². The Morgan fingerprint density at radius 2 is 1.89 bits per heavy atom. The van der Waals surface area contributed by atoms with Gasteiger partial charge >= 0.3 is 0 Å². The third-order valence-electron chi connectivity index (χ3n) is 7.48. The summed E-state index contributed by atoms with van der Waals surface area (Å²) in [4.78, 5) is 27.6. The van der Waals surface area contributed by atoms with Crippen molar-refractivity contribution in [2.75, 3.05) is 13.2 Å². The van der Waals surface area contributed by atoms with Gasteiger partial charge in [-0.15, -0.1) is 0 Å². The smallest absolute Gasteiger partial charge is 0.233 e. The lowest BCUT2D eigenvalue weighted by atomic mass is 9.67. The van der Waals surface area contributed by atoms with Gasteiger partial charge in [0.15, 0.2) is 0 Å². The van der Waals surface area contributed by atoms with Gasteiger partial charge in [0.2, 0.25) is 11.8 Å². The second-order valence-electron chi connectivity index (χ2n) is 10.1. The number of fused-ring (bicyclic) bond motifs is 1. The predicted octanol–water partition coefficient (Wildman–Crippen LogP) is 5.49. The van der Waals surface area contributed by atoms with Crippen LogP contribution >= 0.6 is 11.6 Å². The van der Waals surface area contributed by atoms with Crippen LogP contribution in [0.5, 0.6) is 5.75 Å². The molecule has 0 aromatic heterocycles. The van der Waals surface area contributed by atoms with Crippen LogP contribution in [0.15, 0.2) is 34.9 Å². The van der Waals surface area contributed by atoms with Crippen LogP contribution in [0.2, 0.25) is 5.02 Å². The van der Waals surface area contributed by atoms with Gasteiger partial charge in [-0.1, -0.05) is 62.4 Å². The highest BCUT2D eigenvalue weighted by Crippen LogP contribution is 2.47. The summed E-state index contributed by atoms with van der Waals surface area (Å²) in [7, 11) is 0. The van der Waals surface area contributed by atoms with E-state index in [0.717, 1.165) is 48.0 Å². The molecule has 0 unspecified atom stereocenters. The minimum absolute atomic E-state index is 0.114.